The normalized spacial score (nSPS) is 10.3. The Morgan fingerprint density at radius 3 is 2.79 bits per heavy atom. The Hall–Kier alpha value is -1.10. The molecule has 0 rings (SSSR count). The number of rotatable bonds is 8. The van der Waals surface area contributed by atoms with E-state index in [1.807, 2.05) is 12.1 Å². The molecule has 14 heavy (non-hydrogen) atoms. The van der Waals surface area contributed by atoms with Crippen LogP contribution in [-0.4, -0.2) is 5.78 Å². The first kappa shape index (κ1) is 12.9. The summed E-state index contributed by atoms with van der Waals surface area (Å²) in [7, 11) is 0. The third-order valence-electron chi connectivity index (χ3n) is 2.01. The van der Waals surface area contributed by atoms with Gasteiger partial charge in [-0.2, -0.15) is 5.26 Å². The SMILES string of the molecule is CCCCCC/C=C\C(=O)CCC#N. The fourth-order valence-electron chi connectivity index (χ4n) is 1.17. The van der Waals surface area contributed by atoms with E-state index in [0.717, 1.165) is 12.8 Å². The first-order valence-electron chi connectivity index (χ1n) is 5.37. The Balaban J connectivity index is 3.34. The van der Waals surface area contributed by atoms with Crippen molar-refractivity contribution in [2.24, 2.45) is 0 Å². The van der Waals surface area contributed by atoms with E-state index in [-0.39, 0.29) is 5.78 Å². The van der Waals surface area contributed by atoms with Gasteiger partial charge in [-0.1, -0.05) is 32.3 Å². The monoisotopic (exact) mass is 193 g/mol. The van der Waals surface area contributed by atoms with Gasteiger partial charge in [-0.05, 0) is 18.9 Å². The highest BCUT2D eigenvalue weighted by Gasteiger charge is 1.94. The van der Waals surface area contributed by atoms with E-state index in [1.165, 1.54) is 19.3 Å². The number of ketones is 1. The summed E-state index contributed by atoms with van der Waals surface area (Å²) < 4.78 is 0. The fraction of sp³-hybridized carbons (Fsp3) is 0.667. The molecule has 0 radical (unpaired) electrons. The summed E-state index contributed by atoms with van der Waals surface area (Å²) in [5.41, 5.74) is 0. The molecule has 2 heteroatoms. The molecule has 0 aliphatic rings. The van der Waals surface area contributed by atoms with Gasteiger partial charge in [0.05, 0.1) is 6.07 Å². The highest BCUT2D eigenvalue weighted by atomic mass is 16.1. The minimum absolute atomic E-state index is 0.0713. The van der Waals surface area contributed by atoms with Crippen LogP contribution in [0.5, 0.6) is 0 Å². The number of nitriles is 1. The highest BCUT2D eigenvalue weighted by Crippen LogP contribution is 2.03. The molecule has 78 valence electrons. The number of unbranched alkanes of at least 4 members (excludes halogenated alkanes) is 4. The minimum atomic E-state index is 0.0713. The number of allylic oxidation sites excluding steroid dienone is 2. The standard InChI is InChI=1S/C12H19NO/c1-2-3-4-5-6-7-9-12(14)10-8-11-13/h7,9H,2-6,8,10H2,1H3/b9-7-. The molecule has 0 aromatic rings. The number of carbonyl (C=O) groups is 1. The number of hydrogen-bond donors (Lipinski definition) is 0. The van der Waals surface area contributed by atoms with Crippen LogP contribution in [0.25, 0.3) is 0 Å². The van der Waals surface area contributed by atoms with Crippen molar-refractivity contribution in [1.29, 1.82) is 5.26 Å². The van der Waals surface area contributed by atoms with Gasteiger partial charge in [0.15, 0.2) is 5.78 Å². The maximum Gasteiger partial charge on any atom is 0.156 e. The van der Waals surface area contributed by atoms with Gasteiger partial charge in [-0.15, -0.1) is 0 Å². The van der Waals surface area contributed by atoms with Gasteiger partial charge in [-0.3, -0.25) is 4.79 Å². The van der Waals surface area contributed by atoms with Gasteiger partial charge in [0.2, 0.25) is 0 Å². The molecule has 2 nitrogen and oxygen atoms in total. The summed E-state index contributed by atoms with van der Waals surface area (Å²) >= 11 is 0. The summed E-state index contributed by atoms with van der Waals surface area (Å²) in [5, 5.41) is 8.26. The Morgan fingerprint density at radius 1 is 1.36 bits per heavy atom. The second-order valence-corrected chi connectivity index (χ2v) is 3.38. The Bertz CT molecular complexity index is 213. The predicted octanol–water partition coefficient (Wildman–Crippen LogP) is 3.39. The summed E-state index contributed by atoms with van der Waals surface area (Å²) in [4.78, 5) is 11.1. The zero-order chi connectivity index (χ0) is 10.6. The second-order valence-electron chi connectivity index (χ2n) is 3.38. The lowest BCUT2D eigenvalue weighted by Gasteiger charge is -1.93. The first-order valence-corrected chi connectivity index (χ1v) is 5.37. The van der Waals surface area contributed by atoms with Crippen molar-refractivity contribution < 1.29 is 4.79 Å². The van der Waals surface area contributed by atoms with E-state index in [0.29, 0.717) is 12.8 Å². The van der Waals surface area contributed by atoms with Crippen molar-refractivity contribution in [3.8, 4) is 6.07 Å². The van der Waals surface area contributed by atoms with Gasteiger partial charge in [0.25, 0.3) is 0 Å². The lowest BCUT2D eigenvalue weighted by atomic mass is 10.1. The molecule has 0 aromatic carbocycles. The zero-order valence-electron chi connectivity index (χ0n) is 8.96. The zero-order valence-corrected chi connectivity index (χ0v) is 8.96. The first-order chi connectivity index (χ1) is 6.81. The van der Waals surface area contributed by atoms with E-state index in [9.17, 15) is 4.79 Å². The summed E-state index contributed by atoms with van der Waals surface area (Å²) in [5.74, 6) is 0.0713. The van der Waals surface area contributed by atoms with Crippen LogP contribution < -0.4 is 0 Å². The lowest BCUT2D eigenvalue weighted by molar-refractivity contribution is -0.114. The van der Waals surface area contributed by atoms with Gasteiger partial charge < -0.3 is 0 Å². The quantitative estimate of drug-likeness (QED) is 0.438. The Morgan fingerprint density at radius 2 is 2.14 bits per heavy atom. The maximum absolute atomic E-state index is 11.1. The van der Waals surface area contributed by atoms with Crippen LogP contribution in [0.2, 0.25) is 0 Å². The van der Waals surface area contributed by atoms with E-state index < -0.39 is 0 Å². The fourth-order valence-corrected chi connectivity index (χ4v) is 1.17. The van der Waals surface area contributed by atoms with Gasteiger partial charge >= 0.3 is 0 Å². The van der Waals surface area contributed by atoms with Crippen molar-refractivity contribution in [2.75, 3.05) is 0 Å². The summed E-state index contributed by atoms with van der Waals surface area (Å²) in [6, 6.07) is 1.96. The molecular formula is C12H19NO. The van der Waals surface area contributed by atoms with Crippen molar-refractivity contribution in [2.45, 2.75) is 51.9 Å². The van der Waals surface area contributed by atoms with E-state index >= 15 is 0 Å². The number of nitrogens with zero attached hydrogens (tertiary/aromatic N) is 1. The molecule has 0 bridgehead atoms. The summed E-state index contributed by atoms with van der Waals surface area (Å²) in [6.07, 6.45) is 10.1. The molecule has 0 amide bonds. The Kier molecular flexibility index (Phi) is 9.20. The van der Waals surface area contributed by atoms with Crippen molar-refractivity contribution in [3.63, 3.8) is 0 Å². The van der Waals surface area contributed by atoms with Crippen LogP contribution in [0.1, 0.15) is 51.9 Å². The van der Waals surface area contributed by atoms with Crippen LogP contribution in [0.3, 0.4) is 0 Å². The molecule has 0 heterocycles. The summed E-state index contributed by atoms with van der Waals surface area (Å²) in [6.45, 7) is 2.18. The van der Waals surface area contributed by atoms with Gasteiger partial charge in [0, 0.05) is 12.8 Å². The molecule has 0 fully saturated rings. The largest absolute Gasteiger partial charge is 0.295 e. The lowest BCUT2D eigenvalue weighted by Crippen LogP contribution is -1.90. The molecule has 0 aromatic heterocycles. The molecule has 0 unspecified atom stereocenters. The third kappa shape index (κ3) is 8.99. The highest BCUT2D eigenvalue weighted by molar-refractivity contribution is 5.89. The van der Waals surface area contributed by atoms with Crippen LogP contribution in [0, 0.1) is 11.3 Å². The smallest absolute Gasteiger partial charge is 0.156 e. The van der Waals surface area contributed by atoms with Gasteiger partial charge in [-0.25, -0.2) is 0 Å². The van der Waals surface area contributed by atoms with Crippen LogP contribution in [0.15, 0.2) is 12.2 Å². The third-order valence-corrected chi connectivity index (χ3v) is 2.01. The molecule has 0 aliphatic heterocycles. The average Bonchev–Trinajstić information content (AvgIpc) is 2.20. The van der Waals surface area contributed by atoms with Gasteiger partial charge in [0.1, 0.15) is 0 Å². The van der Waals surface area contributed by atoms with Crippen molar-refractivity contribution in [3.05, 3.63) is 12.2 Å². The number of carbonyl (C=O) groups excluding carboxylic acids is 1. The molecule has 0 N–H and O–H groups in total. The van der Waals surface area contributed by atoms with Crippen molar-refractivity contribution in [1.82, 2.24) is 0 Å². The molecular weight excluding hydrogens is 174 g/mol. The molecule has 0 spiro atoms. The van der Waals surface area contributed by atoms with E-state index in [4.69, 9.17) is 5.26 Å². The average molecular weight is 193 g/mol. The minimum Gasteiger partial charge on any atom is -0.295 e. The topological polar surface area (TPSA) is 40.9 Å². The molecule has 0 saturated carbocycles. The second kappa shape index (κ2) is 9.98. The van der Waals surface area contributed by atoms with Crippen LogP contribution in [0.4, 0.5) is 0 Å². The molecule has 0 aliphatic carbocycles. The molecule has 0 atom stereocenters. The van der Waals surface area contributed by atoms with Crippen molar-refractivity contribution >= 4 is 5.78 Å². The Labute approximate surface area is 86.6 Å². The van der Waals surface area contributed by atoms with Crippen LogP contribution >= 0.6 is 0 Å². The maximum atomic E-state index is 11.1. The van der Waals surface area contributed by atoms with E-state index in [2.05, 4.69) is 6.92 Å². The number of hydrogen-bond acceptors (Lipinski definition) is 2. The predicted molar refractivity (Wildman–Crippen MR) is 57.8 cm³/mol. The molecule has 0 saturated heterocycles. The van der Waals surface area contributed by atoms with E-state index in [1.54, 1.807) is 6.08 Å². The van der Waals surface area contributed by atoms with Crippen LogP contribution in [-0.2, 0) is 4.79 Å².